The maximum Gasteiger partial charge on any atom is 0.416 e. The van der Waals surface area contributed by atoms with Crippen LogP contribution in [0, 0.1) is 17.0 Å². The van der Waals surface area contributed by atoms with Crippen LogP contribution in [0.5, 0.6) is 5.88 Å². The van der Waals surface area contributed by atoms with Crippen molar-refractivity contribution in [3.63, 3.8) is 0 Å². The summed E-state index contributed by atoms with van der Waals surface area (Å²) >= 11 is 0. The van der Waals surface area contributed by atoms with Gasteiger partial charge in [0, 0.05) is 29.1 Å². The van der Waals surface area contributed by atoms with E-state index in [-0.39, 0.29) is 28.0 Å². The standard InChI is InChI=1S/C24H16F3N3O4/c1-14-9-10-17(30(33)34)12-21(14)28-13-20-18-7-2-3-8-19(18)22(31)29(23(20)32)16-6-4-5-15(11-16)24(25,26)27/h2-13,32H,1H3. The number of nitro benzene ring substituents is 1. The Bertz CT molecular complexity index is 1520. The summed E-state index contributed by atoms with van der Waals surface area (Å²) in [6.07, 6.45) is -3.41. The van der Waals surface area contributed by atoms with Gasteiger partial charge in [-0.05, 0) is 36.8 Å². The number of aliphatic imine (C=N–C) groups is 1. The van der Waals surface area contributed by atoms with Crippen LogP contribution in [0.2, 0.25) is 0 Å². The first-order valence-electron chi connectivity index (χ1n) is 9.91. The predicted octanol–water partition coefficient (Wildman–Crippen LogP) is 5.68. The van der Waals surface area contributed by atoms with Crippen molar-refractivity contribution in [2.45, 2.75) is 13.1 Å². The molecule has 0 saturated heterocycles. The molecule has 1 heterocycles. The number of aromatic nitrogens is 1. The van der Waals surface area contributed by atoms with Crippen molar-refractivity contribution in [2.75, 3.05) is 0 Å². The Balaban J connectivity index is 1.96. The van der Waals surface area contributed by atoms with E-state index in [0.29, 0.717) is 10.9 Å². The smallest absolute Gasteiger partial charge is 0.416 e. The number of hydrogen-bond donors (Lipinski definition) is 1. The van der Waals surface area contributed by atoms with Gasteiger partial charge in [-0.15, -0.1) is 0 Å². The number of pyridine rings is 1. The maximum atomic E-state index is 13.2. The van der Waals surface area contributed by atoms with Crippen molar-refractivity contribution in [3.8, 4) is 11.6 Å². The molecule has 10 heteroatoms. The zero-order valence-electron chi connectivity index (χ0n) is 17.6. The molecule has 0 amide bonds. The van der Waals surface area contributed by atoms with Crippen LogP contribution >= 0.6 is 0 Å². The highest BCUT2D eigenvalue weighted by Gasteiger charge is 2.31. The average Bonchev–Trinajstić information content (AvgIpc) is 2.79. The van der Waals surface area contributed by atoms with Gasteiger partial charge in [-0.1, -0.05) is 30.3 Å². The first kappa shape index (κ1) is 22.7. The molecule has 7 nitrogen and oxygen atoms in total. The molecule has 0 saturated carbocycles. The van der Waals surface area contributed by atoms with Crippen LogP contribution in [0.15, 0.2) is 76.5 Å². The van der Waals surface area contributed by atoms with Crippen molar-refractivity contribution in [1.29, 1.82) is 0 Å². The molecule has 0 spiro atoms. The number of benzene rings is 3. The Hall–Kier alpha value is -4.47. The number of hydrogen-bond acceptors (Lipinski definition) is 5. The second-order valence-corrected chi connectivity index (χ2v) is 7.46. The van der Waals surface area contributed by atoms with Crippen LogP contribution in [0.1, 0.15) is 16.7 Å². The highest BCUT2D eigenvalue weighted by molar-refractivity contribution is 6.02. The maximum absolute atomic E-state index is 13.2. The predicted molar refractivity (Wildman–Crippen MR) is 121 cm³/mol. The molecule has 1 N–H and O–H groups in total. The van der Waals surface area contributed by atoms with Crippen LogP contribution in [-0.4, -0.2) is 20.8 Å². The normalized spacial score (nSPS) is 11.9. The number of non-ortho nitro benzene ring substituents is 1. The molecule has 0 bridgehead atoms. The largest absolute Gasteiger partial charge is 0.494 e. The molecule has 0 aliphatic heterocycles. The van der Waals surface area contributed by atoms with E-state index < -0.39 is 28.1 Å². The molecule has 0 fully saturated rings. The zero-order valence-corrected chi connectivity index (χ0v) is 17.6. The lowest BCUT2D eigenvalue weighted by Crippen LogP contribution is -2.20. The quantitative estimate of drug-likeness (QED) is 0.237. The fourth-order valence-electron chi connectivity index (χ4n) is 3.53. The van der Waals surface area contributed by atoms with Crippen LogP contribution in [0.25, 0.3) is 16.5 Å². The Morgan fingerprint density at radius 3 is 2.41 bits per heavy atom. The molecule has 0 radical (unpaired) electrons. The van der Waals surface area contributed by atoms with Crippen LogP contribution in [-0.2, 0) is 6.18 Å². The Morgan fingerprint density at radius 1 is 1.03 bits per heavy atom. The van der Waals surface area contributed by atoms with Crippen molar-refractivity contribution in [3.05, 3.63) is 104 Å². The van der Waals surface area contributed by atoms with E-state index in [1.165, 1.54) is 36.5 Å². The summed E-state index contributed by atoms with van der Waals surface area (Å²) in [5, 5.41) is 22.6. The number of fused-ring (bicyclic) bond motifs is 1. The fourth-order valence-corrected chi connectivity index (χ4v) is 3.53. The molecule has 0 atom stereocenters. The number of nitrogens with zero attached hydrogens (tertiary/aromatic N) is 3. The van der Waals surface area contributed by atoms with Gasteiger partial charge in [-0.2, -0.15) is 13.2 Å². The second kappa shape index (κ2) is 8.47. The Kier molecular flexibility index (Phi) is 5.66. The third kappa shape index (κ3) is 4.13. The summed E-state index contributed by atoms with van der Waals surface area (Å²) in [4.78, 5) is 27.9. The van der Waals surface area contributed by atoms with Gasteiger partial charge in [0.15, 0.2) is 0 Å². The summed E-state index contributed by atoms with van der Waals surface area (Å²) in [6.45, 7) is 1.69. The van der Waals surface area contributed by atoms with Gasteiger partial charge in [0.05, 0.1) is 27.4 Å². The van der Waals surface area contributed by atoms with Crippen LogP contribution < -0.4 is 5.56 Å². The average molecular weight is 467 g/mol. The number of nitro groups is 1. The molecular formula is C24H16F3N3O4. The summed E-state index contributed by atoms with van der Waals surface area (Å²) in [5.74, 6) is -0.616. The van der Waals surface area contributed by atoms with Crippen molar-refractivity contribution in [1.82, 2.24) is 4.57 Å². The molecular weight excluding hydrogens is 451 g/mol. The molecule has 0 aliphatic rings. The van der Waals surface area contributed by atoms with E-state index in [9.17, 15) is 33.2 Å². The highest BCUT2D eigenvalue weighted by Crippen LogP contribution is 2.32. The first-order valence-corrected chi connectivity index (χ1v) is 9.91. The third-order valence-electron chi connectivity index (χ3n) is 5.27. The van der Waals surface area contributed by atoms with Gasteiger partial charge < -0.3 is 5.11 Å². The lowest BCUT2D eigenvalue weighted by molar-refractivity contribution is -0.384. The Labute approximate surface area is 190 Å². The lowest BCUT2D eigenvalue weighted by atomic mass is 10.1. The number of aromatic hydroxyl groups is 1. The Morgan fingerprint density at radius 2 is 1.74 bits per heavy atom. The SMILES string of the molecule is Cc1ccc([N+](=O)[O-])cc1N=Cc1c(O)n(-c2cccc(C(F)(F)F)c2)c(=O)c2ccccc12. The molecule has 4 aromatic rings. The van der Waals surface area contributed by atoms with Gasteiger partial charge in [-0.3, -0.25) is 19.9 Å². The van der Waals surface area contributed by atoms with Gasteiger partial charge in [0.2, 0.25) is 5.88 Å². The number of halogens is 3. The summed E-state index contributed by atoms with van der Waals surface area (Å²) in [6, 6.07) is 14.4. The number of rotatable bonds is 4. The first-order chi connectivity index (χ1) is 16.1. The van der Waals surface area contributed by atoms with E-state index in [4.69, 9.17) is 0 Å². The van der Waals surface area contributed by atoms with Crippen LogP contribution in [0.3, 0.4) is 0 Å². The topological polar surface area (TPSA) is 97.7 Å². The van der Waals surface area contributed by atoms with E-state index in [2.05, 4.69) is 4.99 Å². The van der Waals surface area contributed by atoms with Crippen molar-refractivity contribution < 1.29 is 23.2 Å². The monoisotopic (exact) mass is 467 g/mol. The van der Waals surface area contributed by atoms with Gasteiger partial charge in [-0.25, -0.2) is 4.57 Å². The summed E-state index contributed by atoms with van der Waals surface area (Å²) in [5.41, 5.74) is -1.10. The highest BCUT2D eigenvalue weighted by atomic mass is 19.4. The van der Waals surface area contributed by atoms with Gasteiger partial charge >= 0.3 is 6.18 Å². The molecule has 0 unspecified atom stereocenters. The molecule has 172 valence electrons. The molecule has 0 aliphatic carbocycles. The van der Waals surface area contributed by atoms with E-state index in [1.54, 1.807) is 25.1 Å². The molecule has 1 aromatic heterocycles. The van der Waals surface area contributed by atoms with Gasteiger partial charge in [0.1, 0.15) is 0 Å². The van der Waals surface area contributed by atoms with E-state index in [1.807, 2.05) is 0 Å². The van der Waals surface area contributed by atoms with Crippen molar-refractivity contribution >= 4 is 28.4 Å². The fraction of sp³-hybridized carbons (Fsp3) is 0.0833. The number of alkyl halides is 3. The van der Waals surface area contributed by atoms with Crippen LogP contribution in [0.4, 0.5) is 24.5 Å². The number of aryl methyl sites for hydroxylation is 1. The minimum absolute atomic E-state index is 0.0681. The van der Waals surface area contributed by atoms with Gasteiger partial charge in [0.25, 0.3) is 11.2 Å². The molecule has 3 aromatic carbocycles. The lowest BCUT2D eigenvalue weighted by Gasteiger charge is -2.15. The van der Waals surface area contributed by atoms with E-state index in [0.717, 1.165) is 22.8 Å². The molecule has 4 rings (SSSR count). The second-order valence-electron chi connectivity index (χ2n) is 7.46. The molecule has 34 heavy (non-hydrogen) atoms. The van der Waals surface area contributed by atoms with Crippen molar-refractivity contribution in [2.24, 2.45) is 4.99 Å². The minimum Gasteiger partial charge on any atom is -0.494 e. The van der Waals surface area contributed by atoms with E-state index >= 15 is 0 Å². The summed E-state index contributed by atoms with van der Waals surface area (Å²) in [7, 11) is 0. The third-order valence-corrected chi connectivity index (χ3v) is 5.27. The summed E-state index contributed by atoms with van der Waals surface area (Å²) < 4.78 is 40.5. The minimum atomic E-state index is -4.64. The zero-order chi connectivity index (χ0) is 24.6.